The van der Waals surface area contributed by atoms with E-state index in [4.69, 9.17) is 5.26 Å². The van der Waals surface area contributed by atoms with E-state index < -0.39 is 10.7 Å². The Labute approximate surface area is 112 Å². The molecule has 0 spiro atoms. The van der Waals surface area contributed by atoms with E-state index in [-0.39, 0.29) is 11.4 Å². The number of rotatable bonds is 4. The highest BCUT2D eigenvalue weighted by Crippen LogP contribution is 2.26. The van der Waals surface area contributed by atoms with Gasteiger partial charge in [0.15, 0.2) is 0 Å². The predicted octanol–water partition coefficient (Wildman–Crippen LogP) is 3.28. The molecule has 0 radical (unpaired) electrons. The van der Waals surface area contributed by atoms with Crippen molar-refractivity contribution in [2.45, 2.75) is 6.54 Å². The average Bonchev–Trinajstić information content (AvgIpc) is 2.85. The molecule has 0 aliphatic rings. The number of benzene rings is 1. The number of nitrogens with one attached hydrogen (secondary N) is 1. The largest absolute Gasteiger partial charge is 0.375 e. The molecule has 19 heavy (non-hydrogen) atoms. The molecule has 0 bridgehead atoms. The van der Waals surface area contributed by atoms with Gasteiger partial charge in [-0.3, -0.25) is 10.1 Å². The van der Waals surface area contributed by atoms with Gasteiger partial charge >= 0.3 is 0 Å². The van der Waals surface area contributed by atoms with Crippen molar-refractivity contribution in [3.8, 4) is 6.07 Å². The molecule has 0 saturated heterocycles. The van der Waals surface area contributed by atoms with Crippen molar-refractivity contribution in [2.24, 2.45) is 0 Å². The molecule has 0 aliphatic heterocycles. The first kappa shape index (κ1) is 13.0. The third-order valence-corrected chi connectivity index (χ3v) is 3.37. The van der Waals surface area contributed by atoms with Gasteiger partial charge in [-0.15, -0.1) is 11.3 Å². The molecule has 0 unspecified atom stereocenters. The van der Waals surface area contributed by atoms with Gasteiger partial charge < -0.3 is 5.32 Å². The van der Waals surface area contributed by atoms with Gasteiger partial charge in [-0.1, -0.05) is 0 Å². The number of nitrogens with zero attached hydrogens (tertiary/aromatic N) is 2. The zero-order chi connectivity index (χ0) is 13.8. The first-order valence-electron chi connectivity index (χ1n) is 5.27. The zero-order valence-electron chi connectivity index (χ0n) is 9.59. The quantitative estimate of drug-likeness (QED) is 0.687. The summed E-state index contributed by atoms with van der Waals surface area (Å²) in [5.41, 5.74) is -0.0598. The number of thiophene rings is 1. The van der Waals surface area contributed by atoms with Crippen molar-refractivity contribution in [3.63, 3.8) is 0 Å². The second kappa shape index (κ2) is 5.46. The van der Waals surface area contributed by atoms with Crippen LogP contribution in [0.25, 0.3) is 0 Å². The van der Waals surface area contributed by atoms with E-state index in [0.717, 1.165) is 17.0 Å². The fourth-order valence-electron chi connectivity index (χ4n) is 1.52. The van der Waals surface area contributed by atoms with Crippen LogP contribution < -0.4 is 5.32 Å². The van der Waals surface area contributed by atoms with E-state index in [1.165, 1.54) is 17.4 Å². The Kier molecular flexibility index (Phi) is 3.73. The maximum atomic E-state index is 13.0. The molecule has 2 rings (SSSR count). The van der Waals surface area contributed by atoms with Crippen molar-refractivity contribution in [2.75, 3.05) is 5.32 Å². The summed E-state index contributed by atoms with van der Waals surface area (Å²) < 4.78 is 13.0. The minimum Gasteiger partial charge on any atom is -0.375 e. The Hall–Kier alpha value is -2.46. The number of halogens is 1. The Morgan fingerprint density at radius 1 is 1.42 bits per heavy atom. The molecular formula is C12H8FN3O2S. The summed E-state index contributed by atoms with van der Waals surface area (Å²) >= 11 is 1.30. The topological polar surface area (TPSA) is 79.0 Å². The van der Waals surface area contributed by atoms with E-state index in [2.05, 4.69) is 5.32 Å². The molecule has 1 aromatic heterocycles. The minimum atomic E-state index is -0.653. The van der Waals surface area contributed by atoms with Crippen LogP contribution in [-0.2, 0) is 6.54 Å². The van der Waals surface area contributed by atoms with Crippen molar-refractivity contribution in [1.82, 2.24) is 0 Å². The Morgan fingerprint density at radius 3 is 2.84 bits per heavy atom. The standard InChI is InChI=1S/C12H8FN3O2S/c13-8-1-4-11(12(5-8)16(17)18)15-7-10-3-2-9(6-14)19-10/h1-5,15H,7H2. The third kappa shape index (κ3) is 3.05. The van der Waals surface area contributed by atoms with Crippen LogP contribution in [-0.4, -0.2) is 4.92 Å². The first-order valence-corrected chi connectivity index (χ1v) is 6.08. The molecule has 0 saturated carbocycles. The van der Waals surface area contributed by atoms with Gasteiger partial charge in [0.05, 0.1) is 11.0 Å². The molecule has 0 amide bonds. The van der Waals surface area contributed by atoms with Crippen LogP contribution >= 0.6 is 11.3 Å². The maximum absolute atomic E-state index is 13.0. The van der Waals surface area contributed by atoms with Gasteiger partial charge in [-0.05, 0) is 24.3 Å². The van der Waals surface area contributed by atoms with Gasteiger partial charge in [0.2, 0.25) is 0 Å². The van der Waals surface area contributed by atoms with Crippen LogP contribution in [0, 0.1) is 27.3 Å². The molecule has 0 aliphatic carbocycles. The molecule has 1 N–H and O–H groups in total. The maximum Gasteiger partial charge on any atom is 0.295 e. The summed E-state index contributed by atoms with van der Waals surface area (Å²) in [6, 6.07) is 8.82. The third-order valence-electron chi connectivity index (χ3n) is 2.38. The first-order chi connectivity index (χ1) is 9.10. The lowest BCUT2D eigenvalue weighted by Gasteiger charge is -2.05. The zero-order valence-corrected chi connectivity index (χ0v) is 10.4. The number of hydrogen-bond acceptors (Lipinski definition) is 5. The fourth-order valence-corrected chi connectivity index (χ4v) is 2.27. The van der Waals surface area contributed by atoms with Crippen molar-refractivity contribution < 1.29 is 9.31 Å². The summed E-state index contributed by atoms with van der Waals surface area (Å²) in [6.07, 6.45) is 0. The summed E-state index contributed by atoms with van der Waals surface area (Å²) in [4.78, 5) is 11.6. The van der Waals surface area contributed by atoms with Crippen molar-refractivity contribution in [1.29, 1.82) is 5.26 Å². The summed E-state index contributed by atoms with van der Waals surface area (Å²) in [5.74, 6) is -0.653. The lowest BCUT2D eigenvalue weighted by molar-refractivity contribution is -0.384. The number of nitro groups is 1. The average molecular weight is 277 g/mol. The molecule has 1 heterocycles. The normalized spacial score (nSPS) is 9.89. The van der Waals surface area contributed by atoms with E-state index in [9.17, 15) is 14.5 Å². The second-order valence-corrected chi connectivity index (χ2v) is 4.82. The van der Waals surface area contributed by atoms with Gasteiger partial charge in [-0.2, -0.15) is 5.26 Å². The molecule has 2 aromatic rings. The lowest BCUT2D eigenvalue weighted by Crippen LogP contribution is -2.01. The van der Waals surface area contributed by atoms with Crippen LogP contribution in [0.4, 0.5) is 15.8 Å². The molecule has 0 atom stereocenters. The Balaban J connectivity index is 2.15. The van der Waals surface area contributed by atoms with E-state index in [1.54, 1.807) is 12.1 Å². The minimum absolute atomic E-state index is 0.248. The summed E-state index contributed by atoms with van der Waals surface area (Å²) in [6.45, 7) is 0.346. The monoisotopic (exact) mass is 277 g/mol. The predicted molar refractivity (Wildman–Crippen MR) is 69.4 cm³/mol. The van der Waals surface area contributed by atoms with Crippen molar-refractivity contribution >= 4 is 22.7 Å². The van der Waals surface area contributed by atoms with Gasteiger partial charge in [-0.25, -0.2) is 4.39 Å². The van der Waals surface area contributed by atoms with E-state index in [1.807, 2.05) is 6.07 Å². The highest BCUT2D eigenvalue weighted by atomic mass is 32.1. The van der Waals surface area contributed by atoms with E-state index in [0.29, 0.717) is 11.4 Å². The Morgan fingerprint density at radius 2 is 2.21 bits per heavy atom. The van der Waals surface area contributed by atoms with Crippen LogP contribution in [0.1, 0.15) is 9.75 Å². The molecule has 5 nitrogen and oxygen atoms in total. The van der Waals surface area contributed by atoms with Crippen LogP contribution in [0.5, 0.6) is 0 Å². The fraction of sp³-hybridized carbons (Fsp3) is 0.0833. The second-order valence-electron chi connectivity index (χ2n) is 3.65. The number of nitro benzene ring substituents is 1. The molecule has 96 valence electrons. The van der Waals surface area contributed by atoms with Crippen LogP contribution in [0.3, 0.4) is 0 Å². The molecular weight excluding hydrogens is 269 g/mol. The van der Waals surface area contributed by atoms with Gasteiger partial charge in [0.25, 0.3) is 5.69 Å². The molecule has 0 fully saturated rings. The summed E-state index contributed by atoms with van der Waals surface area (Å²) in [7, 11) is 0. The number of anilines is 1. The number of hydrogen-bond donors (Lipinski definition) is 1. The van der Waals surface area contributed by atoms with Gasteiger partial charge in [0.1, 0.15) is 22.5 Å². The van der Waals surface area contributed by atoms with Crippen LogP contribution in [0.15, 0.2) is 30.3 Å². The molecule has 7 heteroatoms. The highest BCUT2D eigenvalue weighted by Gasteiger charge is 2.14. The Bertz CT molecular complexity index is 663. The van der Waals surface area contributed by atoms with E-state index >= 15 is 0 Å². The smallest absolute Gasteiger partial charge is 0.295 e. The number of nitriles is 1. The lowest BCUT2D eigenvalue weighted by atomic mass is 10.2. The SMILES string of the molecule is N#Cc1ccc(CNc2ccc(F)cc2[N+](=O)[O-])s1. The summed E-state index contributed by atoms with van der Waals surface area (Å²) in [5, 5.41) is 22.4. The van der Waals surface area contributed by atoms with Gasteiger partial charge in [0, 0.05) is 11.4 Å². The molecule has 1 aromatic carbocycles. The van der Waals surface area contributed by atoms with Crippen molar-refractivity contribution in [3.05, 3.63) is 56.0 Å². The van der Waals surface area contributed by atoms with Crippen LogP contribution in [0.2, 0.25) is 0 Å². The highest BCUT2D eigenvalue weighted by molar-refractivity contribution is 7.12.